The first-order chi connectivity index (χ1) is 11.6. The second-order valence-corrected chi connectivity index (χ2v) is 5.34. The first-order valence-electron chi connectivity index (χ1n) is 7.75. The van der Waals surface area contributed by atoms with Crippen LogP contribution < -0.4 is 14.8 Å². The molecule has 0 aliphatic heterocycles. The van der Waals surface area contributed by atoms with E-state index in [0.717, 1.165) is 24.0 Å². The third-order valence-corrected chi connectivity index (χ3v) is 3.57. The molecule has 1 atom stereocenters. The van der Waals surface area contributed by atoms with Gasteiger partial charge in [-0.05, 0) is 55.3 Å². The van der Waals surface area contributed by atoms with E-state index in [9.17, 15) is 9.59 Å². The Bertz CT molecular complexity index is 665. The van der Waals surface area contributed by atoms with E-state index in [2.05, 4.69) is 5.32 Å². The van der Waals surface area contributed by atoms with E-state index in [1.165, 1.54) is 0 Å². The van der Waals surface area contributed by atoms with Crippen LogP contribution >= 0.6 is 0 Å². The molecular formula is C19H21NO4. The highest BCUT2D eigenvalue weighted by molar-refractivity contribution is 5.80. The Morgan fingerprint density at radius 2 is 1.71 bits per heavy atom. The number of carbonyl (C=O) groups is 2. The number of methoxy groups -OCH3 is 1. The van der Waals surface area contributed by atoms with Gasteiger partial charge in [0, 0.05) is 12.1 Å². The van der Waals surface area contributed by atoms with Crippen LogP contribution in [-0.2, 0) is 11.2 Å². The number of aldehydes is 1. The van der Waals surface area contributed by atoms with Crippen LogP contribution in [0.2, 0.25) is 0 Å². The van der Waals surface area contributed by atoms with E-state index in [0.29, 0.717) is 17.9 Å². The second kappa shape index (κ2) is 8.72. The quantitative estimate of drug-likeness (QED) is 0.757. The molecule has 5 heteroatoms. The van der Waals surface area contributed by atoms with Gasteiger partial charge in [0.15, 0.2) is 6.10 Å². The summed E-state index contributed by atoms with van der Waals surface area (Å²) < 4.78 is 10.7. The molecule has 0 bridgehead atoms. The van der Waals surface area contributed by atoms with Crippen LogP contribution in [0.15, 0.2) is 48.5 Å². The van der Waals surface area contributed by atoms with E-state index in [4.69, 9.17) is 9.47 Å². The van der Waals surface area contributed by atoms with Crippen LogP contribution in [0.1, 0.15) is 22.8 Å². The highest BCUT2D eigenvalue weighted by Crippen LogP contribution is 2.13. The zero-order valence-electron chi connectivity index (χ0n) is 13.8. The predicted octanol–water partition coefficient (Wildman–Crippen LogP) is 2.63. The molecule has 1 amide bonds. The molecule has 0 radical (unpaired) electrons. The largest absolute Gasteiger partial charge is 0.497 e. The summed E-state index contributed by atoms with van der Waals surface area (Å²) in [4.78, 5) is 22.7. The van der Waals surface area contributed by atoms with Crippen LogP contribution in [0.4, 0.5) is 0 Å². The monoisotopic (exact) mass is 327 g/mol. The Kier molecular flexibility index (Phi) is 6.37. The van der Waals surface area contributed by atoms with E-state index in [-0.39, 0.29) is 5.91 Å². The van der Waals surface area contributed by atoms with E-state index < -0.39 is 6.10 Å². The van der Waals surface area contributed by atoms with Crippen LogP contribution in [0.25, 0.3) is 0 Å². The zero-order chi connectivity index (χ0) is 17.4. The van der Waals surface area contributed by atoms with E-state index in [1.807, 2.05) is 24.3 Å². The zero-order valence-corrected chi connectivity index (χ0v) is 13.8. The van der Waals surface area contributed by atoms with Gasteiger partial charge in [-0.3, -0.25) is 9.59 Å². The van der Waals surface area contributed by atoms with Crippen LogP contribution in [0.3, 0.4) is 0 Å². The number of nitrogens with one attached hydrogen (secondary N) is 1. The van der Waals surface area contributed by atoms with Crippen molar-refractivity contribution in [1.29, 1.82) is 0 Å². The Hall–Kier alpha value is -2.82. The molecule has 2 aromatic rings. The molecule has 126 valence electrons. The van der Waals surface area contributed by atoms with Crippen molar-refractivity contribution in [1.82, 2.24) is 5.32 Å². The number of ether oxygens (including phenoxy) is 2. The Morgan fingerprint density at radius 3 is 2.29 bits per heavy atom. The number of hydrogen-bond donors (Lipinski definition) is 1. The first-order valence-corrected chi connectivity index (χ1v) is 7.75. The molecule has 0 heterocycles. The molecule has 0 aromatic heterocycles. The third kappa shape index (κ3) is 5.12. The van der Waals surface area contributed by atoms with Crippen molar-refractivity contribution >= 4 is 12.2 Å². The standard InChI is InChI=1S/C19H21NO4/c1-14(24-18-9-5-16(13-21)6-10-18)19(22)20-12-11-15-3-7-17(23-2)8-4-15/h3-10,13-14H,11-12H2,1-2H3,(H,20,22). The average molecular weight is 327 g/mol. The lowest BCUT2D eigenvalue weighted by Crippen LogP contribution is -2.37. The molecule has 0 spiro atoms. The van der Waals surface area contributed by atoms with Crippen molar-refractivity contribution < 1.29 is 19.1 Å². The molecule has 24 heavy (non-hydrogen) atoms. The highest BCUT2D eigenvalue weighted by Gasteiger charge is 2.14. The van der Waals surface area contributed by atoms with Gasteiger partial charge in [-0.25, -0.2) is 0 Å². The molecule has 1 N–H and O–H groups in total. The Balaban J connectivity index is 1.77. The lowest BCUT2D eigenvalue weighted by Gasteiger charge is -2.15. The summed E-state index contributed by atoms with van der Waals surface area (Å²) >= 11 is 0. The average Bonchev–Trinajstić information content (AvgIpc) is 2.62. The molecule has 2 rings (SSSR count). The topological polar surface area (TPSA) is 64.6 Å². The number of amides is 1. The predicted molar refractivity (Wildman–Crippen MR) is 91.6 cm³/mol. The number of carbonyl (C=O) groups excluding carboxylic acids is 2. The summed E-state index contributed by atoms with van der Waals surface area (Å²) in [6.45, 7) is 2.22. The lowest BCUT2D eigenvalue weighted by atomic mass is 10.1. The summed E-state index contributed by atoms with van der Waals surface area (Å²) in [6, 6.07) is 14.4. The number of benzene rings is 2. The van der Waals surface area contributed by atoms with Gasteiger partial charge in [-0.1, -0.05) is 12.1 Å². The fraction of sp³-hybridized carbons (Fsp3) is 0.263. The fourth-order valence-electron chi connectivity index (χ4n) is 2.15. The minimum Gasteiger partial charge on any atom is -0.497 e. The Labute approximate surface area is 141 Å². The molecule has 0 saturated heterocycles. The highest BCUT2D eigenvalue weighted by atomic mass is 16.5. The van der Waals surface area contributed by atoms with Gasteiger partial charge in [0.05, 0.1) is 7.11 Å². The molecule has 1 unspecified atom stereocenters. The smallest absolute Gasteiger partial charge is 0.260 e. The van der Waals surface area contributed by atoms with Crippen LogP contribution in [-0.4, -0.2) is 32.0 Å². The van der Waals surface area contributed by atoms with Gasteiger partial charge >= 0.3 is 0 Å². The van der Waals surface area contributed by atoms with Gasteiger partial charge in [-0.2, -0.15) is 0 Å². The summed E-state index contributed by atoms with van der Waals surface area (Å²) in [5.41, 5.74) is 1.69. The van der Waals surface area contributed by atoms with Gasteiger partial charge in [0.1, 0.15) is 17.8 Å². The van der Waals surface area contributed by atoms with Crippen molar-refractivity contribution in [2.24, 2.45) is 0 Å². The molecule has 2 aromatic carbocycles. The lowest BCUT2D eigenvalue weighted by molar-refractivity contribution is -0.127. The summed E-state index contributed by atoms with van der Waals surface area (Å²) in [5.74, 6) is 1.19. The first kappa shape index (κ1) is 17.5. The normalized spacial score (nSPS) is 11.4. The van der Waals surface area contributed by atoms with Crippen molar-refractivity contribution in [2.75, 3.05) is 13.7 Å². The minimum absolute atomic E-state index is 0.178. The Morgan fingerprint density at radius 1 is 1.08 bits per heavy atom. The molecule has 0 fully saturated rings. The maximum atomic E-state index is 12.0. The van der Waals surface area contributed by atoms with E-state index in [1.54, 1.807) is 38.3 Å². The minimum atomic E-state index is -0.608. The van der Waals surface area contributed by atoms with Crippen LogP contribution in [0, 0.1) is 0 Å². The SMILES string of the molecule is COc1ccc(CCNC(=O)C(C)Oc2ccc(C=O)cc2)cc1. The molecule has 0 aliphatic rings. The van der Waals surface area contributed by atoms with Crippen molar-refractivity contribution in [3.8, 4) is 11.5 Å². The fourth-order valence-corrected chi connectivity index (χ4v) is 2.15. The van der Waals surface area contributed by atoms with E-state index >= 15 is 0 Å². The van der Waals surface area contributed by atoms with Gasteiger partial charge in [0.25, 0.3) is 5.91 Å². The third-order valence-electron chi connectivity index (χ3n) is 3.57. The molecule has 5 nitrogen and oxygen atoms in total. The van der Waals surface area contributed by atoms with Gasteiger partial charge < -0.3 is 14.8 Å². The van der Waals surface area contributed by atoms with Crippen molar-refractivity contribution in [3.05, 3.63) is 59.7 Å². The van der Waals surface area contributed by atoms with Crippen LogP contribution in [0.5, 0.6) is 11.5 Å². The summed E-state index contributed by atoms with van der Waals surface area (Å²) in [6.07, 6.45) is 0.887. The number of hydrogen-bond acceptors (Lipinski definition) is 4. The summed E-state index contributed by atoms with van der Waals surface area (Å²) in [5, 5.41) is 2.85. The molecule has 0 aliphatic carbocycles. The second-order valence-electron chi connectivity index (χ2n) is 5.34. The molecule has 0 saturated carbocycles. The van der Waals surface area contributed by atoms with Gasteiger partial charge in [-0.15, -0.1) is 0 Å². The van der Waals surface area contributed by atoms with Gasteiger partial charge in [0.2, 0.25) is 0 Å². The molecular weight excluding hydrogens is 306 g/mol. The maximum absolute atomic E-state index is 12.0. The number of rotatable bonds is 8. The summed E-state index contributed by atoms with van der Waals surface area (Å²) in [7, 11) is 1.63. The van der Waals surface area contributed by atoms with Crippen molar-refractivity contribution in [3.63, 3.8) is 0 Å². The maximum Gasteiger partial charge on any atom is 0.260 e. The van der Waals surface area contributed by atoms with Crippen molar-refractivity contribution in [2.45, 2.75) is 19.4 Å².